The molecule has 7 heteroatoms. The van der Waals surface area contributed by atoms with Crippen molar-refractivity contribution in [1.29, 1.82) is 0 Å². The molecule has 2 aromatic heterocycles. The maximum Gasteiger partial charge on any atom is 0.139 e. The number of hydrogen-bond donors (Lipinski definition) is 1. The monoisotopic (exact) mass is 307 g/mol. The van der Waals surface area contributed by atoms with E-state index >= 15 is 0 Å². The first kappa shape index (κ1) is 15.8. The lowest BCUT2D eigenvalue weighted by Crippen LogP contribution is -2.22. The Morgan fingerprint density at radius 1 is 1.33 bits per heavy atom. The molecule has 0 unspecified atom stereocenters. The number of aryl methyl sites for hydroxylation is 1. The van der Waals surface area contributed by atoms with Crippen molar-refractivity contribution in [1.82, 2.24) is 19.6 Å². The van der Waals surface area contributed by atoms with Gasteiger partial charge in [0.25, 0.3) is 0 Å². The number of nitrogens with zero attached hydrogens (tertiary/aromatic N) is 4. The summed E-state index contributed by atoms with van der Waals surface area (Å²) in [6.07, 6.45) is 3.61. The van der Waals surface area contributed by atoms with Crippen molar-refractivity contribution < 1.29 is 4.74 Å². The molecule has 2 N–H and O–H groups in total. The zero-order valence-electron chi connectivity index (χ0n) is 13.6. The van der Waals surface area contributed by atoms with E-state index in [1.165, 1.54) is 0 Å². The van der Waals surface area contributed by atoms with Crippen LogP contribution in [0.1, 0.15) is 5.69 Å². The average molecular weight is 307 g/mol. The van der Waals surface area contributed by atoms with Gasteiger partial charge in [-0.3, -0.25) is 4.68 Å². The molecule has 0 saturated carbocycles. The number of hydrogen-bond acceptors (Lipinski definition) is 4. The van der Waals surface area contributed by atoms with Crippen LogP contribution >= 0.6 is 0 Å². The Kier molecular flexibility index (Phi) is 4.53. The summed E-state index contributed by atoms with van der Waals surface area (Å²) in [5, 5.41) is 8.74. The SMILES string of the molecule is Cc1c(-c2nn(COCC[Si](C)(C)C)cc2N)cnn1C. The van der Waals surface area contributed by atoms with Crippen molar-refractivity contribution in [2.75, 3.05) is 12.3 Å². The molecule has 0 aromatic carbocycles. The number of nitrogen functional groups attached to an aromatic ring is 1. The van der Waals surface area contributed by atoms with Gasteiger partial charge in [0.2, 0.25) is 0 Å². The van der Waals surface area contributed by atoms with Gasteiger partial charge < -0.3 is 10.5 Å². The second kappa shape index (κ2) is 6.03. The van der Waals surface area contributed by atoms with Crippen LogP contribution in [0.15, 0.2) is 12.4 Å². The van der Waals surface area contributed by atoms with E-state index in [2.05, 4.69) is 29.8 Å². The molecule has 0 aliphatic carbocycles. The van der Waals surface area contributed by atoms with Gasteiger partial charge in [0.15, 0.2) is 0 Å². The summed E-state index contributed by atoms with van der Waals surface area (Å²) in [4.78, 5) is 0. The predicted molar refractivity (Wildman–Crippen MR) is 87.7 cm³/mol. The molecule has 2 heterocycles. The molecule has 6 nitrogen and oxygen atoms in total. The third-order valence-corrected chi connectivity index (χ3v) is 5.20. The number of ether oxygens (including phenoxy) is 1. The van der Waals surface area contributed by atoms with Crippen molar-refractivity contribution in [2.24, 2.45) is 7.05 Å². The van der Waals surface area contributed by atoms with Crippen LogP contribution in [-0.4, -0.2) is 34.2 Å². The first-order valence-electron chi connectivity index (χ1n) is 7.17. The highest BCUT2D eigenvalue weighted by Crippen LogP contribution is 2.26. The second-order valence-corrected chi connectivity index (χ2v) is 12.2. The van der Waals surface area contributed by atoms with Crippen LogP contribution < -0.4 is 5.73 Å². The molecule has 0 bridgehead atoms. The number of nitrogens with two attached hydrogens (primary N) is 1. The number of rotatable bonds is 6. The topological polar surface area (TPSA) is 70.9 Å². The van der Waals surface area contributed by atoms with Gasteiger partial charge >= 0.3 is 0 Å². The largest absolute Gasteiger partial charge is 0.396 e. The summed E-state index contributed by atoms with van der Waals surface area (Å²) in [5.74, 6) is 0. The maximum atomic E-state index is 6.06. The lowest BCUT2D eigenvalue weighted by Gasteiger charge is -2.15. The van der Waals surface area contributed by atoms with E-state index in [-0.39, 0.29) is 0 Å². The summed E-state index contributed by atoms with van der Waals surface area (Å²) in [6, 6.07) is 1.15. The van der Waals surface area contributed by atoms with E-state index in [9.17, 15) is 0 Å². The van der Waals surface area contributed by atoms with Gasteiger partial charge in [0.05, 0.1) is 18.1 Å². The summed E-state index contributed by atoms with van der Waals surface area (Å²) in [5.41, 5.74) is 9.50. The van der Waals surface area contributed by atoms with Gasteiger partial charge in [0, 0.05) is 33.0 Å². The second-order valence-electron chi connectivity index (χ2n) is 6.59. The quantitative estimate of drug-likeness (QED) is 0.657. The fourth-order valence-electron chi connectivity index (χ4n) is 1.98. The molecule has 0 spiro atoms. The van der Waals surface area contributed by atoms with Gasteiger partial charge in [-0.1, -0.05) is 19.6 Å². The van der Waals surface area contributed by atoms with E-state index in [0.717, 1.165) is 29.6 Å². The molecule has 0 saturated heterocycles. The molecule has 116 valence electrons. The predicted octanol–water partition coefficient (Wildman–Crippen LogP) is 2.49. The lowest BCUT2D eigenvalue weighted by molar-refractivity contribution is 0.0788. The Balaban J connectivity index is 2.01. The van der Waals surface area contributed by atoms with Gasteiger partial charge in [-0.25, -0.2) is 4.68 Å². The van der Waals surface area contributed by atoms with E-state index in [1.54, 1.807) is 10.9 Å². The molecular formula is C14H25N5OSi. The highest BCUT2D eigenvalue weighted by atomic mass is 28.3. The van der Waals surface area contributed by atoms with Crippen molar-refractivity contribution in [3.8, 4) is 11.3 Å². The molecular weight excluding hydrogens is 282 g/mol. The zero-order chi connectivity index (χ0) is 15.6. The average Bonchev–Trinajstić information content (AvgIpc) is 2.89. The maximum absolute atomic E-state index is 6.06. The zero-order valence-corrected chi connectivity index (χ0v) is 14.6. The molecule has 0 radical (unpaired) electrons. The molecule has 2 rings (SSSR count). The highest BCUT2D eigenvalue weighted by molar-refractivity contribution is 6.76. The van der Waals surface area contributed by atoms with E-state index in [1.807, 2.05) is 24.9 Å². The Labute approximate surface area is 126 Å². The molecule has 21 heavy (non-hydrogen) atoms. The van der Waals surface area contributed by atoms with Gasteiger partial charge in [0.1, 0.15) is 12.4 Å². The number of anilines is 1. The molecule has 0 fully saturated rings. The Morgan fingerprint density at radius 2 is 2.05 bits per heavy atom. The minimum absolute atomic E-state index is 0.438. The van der Waals surface area contributed by atoms with Crippen LogP contribution in [0.3, 0.4) is 0 Å². The van der Waals surface area contributed by atoms with Crippen molar-refractivity contribution in [3.63, 3.8) is 0 Å². The standard InChI is InChI=1S/C14H25N5OSi/c1-11-12(8-16-18(11)2)14-13(15)9-19(17-14)10-20-6-7-21(3,4)5/h8-9H,6-7,10,15H2,1-5H3. The lowest BCUT2D eigenvalue weighted by atomic mass is 10.2. The first-order valence-corrected chi connectivity index (χ1v) is 10.9. The van der Waals surface area contributed by atoms with Crippen LogP contribution in [0.5, 0.6) is 0 Å². The normalized spacial score (nSPS) is 12.0. The van der Waals surface area contributed by atoms with E-state index < -0.39 is 8.07 Å². The fraction of sp³-hybridized carbons (Fsp3) is 0.571. The molecule has 0 aliphatic rings. The Hall–Kier alpha value is -1.60. The van der Waals surface area contributed by atoms with Crippen LogP contribution in [0.4, 0.5) is 5.69 Å². The third-order valence-electron chi connectivity index (χ3n) is 3.50. The molecule has 0 atom stereocenters. The third kappa shape index (κ3) is 3.95. The van der Waals surface area contributed by atoms with Crippen molar-refractivity contribution in [3.05, 3.63) is 18.1 Å². The van der Waals surface area contributed by atoms with Gasteiger partial charge in [-0.05, 0) is 13.0 Å². The van der Waals surface area contributed by atoms with Crippen molar-refractivity contribution in [2.45, 2.75) is 39.3 Å². The minimum Gasteiger partial charge on any atom is -0.396 e. The summed E-state index contributed by atoms with van der Waals surface area (Å²) < 4.78 is 9.26. The summed E-state index contributed by atoms with van der Waals surface area (Å²) >= 11 is 0. The van der Waals surface area contributed by atoms with Crippen LogP contribution in [-0.2, 0) is 18.5 Å². The number of aromatic nitrogens is 4. The Morgan fingerprint density at radius 3 is 2.62 bits per heavy atom. The Bertz CT molecular complexity index is 611. The smallest absolute Gasteiger partial charge is 0.139 e. The highest BCUT2D eigenvalue weighted by Gasteiger charge is 2.15. The minimum atomic E-state index is -1.05. The van der Waals surface area contributed by atoms with E-state index in [4.69, 9.17) is 10.5 Å². The van der Waals surface area contributed by atoms with Gasteiger partial charge in [-0.15, -0.1) is 0 Å². The molecule has 0 amide bonds. The summed E-state index contributed by atoms with van der Waals surface area (Å²) in [7, 11) is 0.859. The van der Waals surface area contributed by atoms with Crippen LogP contribution in [0, 0.1) is 6.92 Å². The van der Waals surface area contributed by atoms with Crippen molar-refractivity contribution >= 4 is 13.8 Å². The van der Waals surface area contributed by atoms with E-state index in [0.29, 0.717) is 12.4 Å². The van der Waals surface area contributed by atoms with Crippen LogP contribution in [0.25, 0.3) is 11.3 Å². The molecule has 2 aromatic rings. The summed E-state index contributed by atoms with van der Waals surface area (Å²) in [6.45, 7) is 10.2. The first-order chi connectivity index (χ1) is 9.78. The van der Waals surface area contributed by atoms with Gasteiger partial charge in [-0.2, -0.15) is 10.2 Å². The molecule has 0 aliphatic heterocycles. The fourth-order valence-corrected chi connectivity index (χ4v) is 2.74. The van der Waals surface area contributed by atoms with Crippen LogP contribution in [0.2, 0.25) is 25.7 Å².